The number of hydrogen-bond donors (Lipinski definition) is 1. The first kappa shape index (κ1) is 32.0. The lowest BCUT2D eigenvalue weighted by Crippen LogP contribution is -2.55. The van der Waals surface area contributed by atoms with Crippen molar-refractivity contribution in [2.24, 2.45) is 0 Å². The summed E-state index contributed by atoms with van der Waals surface area (Å²) in [5.74, 6) is -0.296. The van der Waals surface area contributed by atoms with Crippen molar-refractivity contribution in [3.63, 3.8) is 0 Å². The van der Waals surface area contributed by atoms with Crippen LogP contribution in [0.15, 0.2) is 83.8 Å². The van der Waals surface area contributed by atoms with Crippen LogP contribution in [0.5, 0.6) is 5.75 Å². The van der Waals surface area contributed by atoms with Crippen molar-refractivity contribution in [3.8, 4) is 5.75 Å². The summed E-state index contributed by atoms with van der Waals surface area (Å²) >= 11 is 6.07. The van der Waals surface area contributed by atoms with E-state index in [1.54, 1.807) is 66.7 Å². The molecule has 3 aromatic rings. The van der Waals surface area contributed by atoms with Crippen molar-refractivity contribution in [2.75, 3.05) is 17.5 Å². The molecule has 0 bridgehead atoms. The number of nitrogens with one attached hydrogen (secondary N) is 1. The number of nitrogens with zero attached hydrogens (tertiary/aromatic N) is 2. The third-order valence-electron chi connectivity index (χ3n) is 6.20. The van der Waals surface area contributed by atoms with E-state index in [4.69, 9.17) is 16.3 Å². The first-order valence-electron chi connectivity index (χ1n) is 13.5. The van der Waals surface area contributed by atoms with Crippen LogP contribution in [0.25, 0.3) is 0 Å². The largest absolute Gasteiger partial charge is 0.494 e. The molecule has 10 heteroatoms. The number of amides is 2. The fourth-order valence-corrected chi connectivity index (χ4v) is 5.82. The summed E-state index contributed by atoms with van der Waals surface area (Å²) < 4.78 is 34.4. The first-order chi connectivity index (χ1) is 19.4. The molecular formula is C31H38ClN3O5S. The molecule has 0 spiro atoms. The van der Waals surface area contributed by atoms with E-state index in [2.05, 4.69) is 5.32 Å². The molecule has 1 atom stereocenters. The molecule has 0 heterocycles. The minimum atomic E-state index is -4.16. The lowest BCUT2D eigenvalue weighted by Gasteiger charge is -2.34. The van der Waals surface area contributed by atoms with Gasteiger partial charge in [0, 0.05) is 17.1 Å². The zero-order valence-corrected chi connectivity index (χ0v) is 25.7. The molecule has 0 aliphatic rings. The Bertz CT molecular complexity index is 1410. The van der Waals surface area contributed by atoms with Crippen molar-refractivity contribution >= 4 is 39.1 Å². The molecule has 3 aromatic carbocycles. The zero-order chi connectivity index (χ0) is 30.2. The number of sulfonamides is 1. The van der Waals surface area contributed by atoms with Crippen LogP contribution in [0.4, 0.5) is 5.69 Å². The fourth-order valence-electron chi connectivity index (χ4n) is 4.28. The number of anilines is 1. The van der Waals surface area contributed by atoms with Gasteiger partial charge in [-0.05, 0) is 88.2 Å². The Morgan fingerprint density at radius 1 is 0.927 bits per heavy atom. The first-order valence-corrected chi connectivity index (χ1v) is 15.3. The number of para-hydroxylation sites is 1. The molecule has 3 rings (SSSR count). The van der Waals surface area contributed by atoms with E-state index in [1.165, 1.54) is 17.0 Å². The number of hydrogen-bond acceptors (Lipinski definition) is 5. The average molecular weight is 600 g/mol. The maximum Gasteiger partial charge on any atom is 0.264 e. The third kappa shape index (κ3) is 8.71. The Hall–Kier alpha value is -3.56. The van der Waals surface area contributed by atoms with Gasteiger partial charge in [0.1, 0.15) is 18.3 Å². The normalized spacial score (nSPS) is 12.3. The summed E-state index contributed by atoms with van der Waals surface area (Å²) in [6.07, 6.45) is 0.332. The molecule has 1 N–H and O–H groups in total. The lowest BCUT2D eigenvalue weighted by molar-refractivity contribution is -0.141. The summed E-state index contributed by atoms with van der Waals surface area (Å²) in [6.45, 7) is 9.29. The van der Waals surface area contributed by atoms with E-state index in [-0.39, 0.29) is 17.3 Å². The second-order valence-corrected chi connectivity index (χ2v) is 12.9. The molecular weight excluding hydrogens is 562 g/mol. The standard InChI is InChI=1S/C31H38ClN3O5S/c1-6-28(30(37)33-31(3,4)5)34(21-23-13-15-24(32)16-14-23)29(36)22-35(25-11-9-8-10-12-25)41(38,39)27-19-17-26(18-20-27)40-7-2/h8-20,28H,6-7,21-22H2,1-5H3,(H,33,37)/t28-/m1/s1. The van der Waals surface area contributed by atoms with Crippen molar-refractivity contribution < 1.29 is 22.7 Å². The van der Waals surface area contributed by atoms with E-state index < -0.39 is 34.1 Å². The molecule has 8 nitrogen and oxygen atoms in total. The van der Waals surface area contributed by atoms with Crippen molar-refractivity contribution in [1.29, 1.82) is 0 Å². The van der Waals surface area contributed by atoms with Crippen LogP contribution in [0.3, 0.4) is 0 Å². The molecule has 0 aliphatic heterocycles. The summed E-state index contributed by atoms with van der Waals surface area (Å²) in [7, 11) is -4.16. The minimum Gasteiger partial charge on any atom is -0.494 e. The van der Waals surface area contributed by atoms with Gasteiger partial charge in [0.2, 0.25) is 11.8 Å². The van der Waals surface area contributed by atoms with E-state index in [0.29, 0.717) is 29.5 Å². The maximum absolute atomic E-state index is 14.1. The summed E-state index contributed by atoms with van der Waals surface area (Å²) in [6, 6.07) is 20.7. The van der Waals surface area contributed by atoms with Gasteiger partial charge < -0.3 is 15.0 Å². The van der Waals surface area contributed by atoms with Gasteiger partial charge >= 0.3 is 0 Å². The van der Waals surface area contributed by atoms with Gasteiger partial charge in [-0.3, -0.25) is 13.9 Å². The number of halogens is 1. The number of benzene rings is 3. The Morgan fingerprint density at radius 2 is 1.54 bits per heavy atom. The second-order valence-electron chi connectivity index (χ2n) is 10.6. The summed E-state index contributed by atoms with van der Waals surface area (Å²) in [5, 5.41) is 3.50. The van der Waals surface area contributed by atoms with E-state index >= 15 is 0 Å². The Labute approximate surface area is 248 Å². The predicted molar refractivity (Wildman–Crippen MR) is 163 cm³/mol. The van der Waals surface area contributed by atoms with Gasteiger partial charge in [0.25, 0.3) is 10.0 Å². The Kier molecular flexibility index (Phi) is 10.8. The molecule has 0 aromatic heterocycles. The predicted octanol–water partition coefficient (Wildman–Crippen LogP) is 5.66. The Balaban J connectivity index is 2.03. The smallest absolute Gasteiger partial charge is 0.264 e. The fraction of sp³-hybridized carbons (Fsp3) is 0.355. The minimum absolute atomic E-state index is 0.0133. The van der Waals surface area contributed by atoms with Crippen LogP contribution in [0.2, 0.25) is 5.02 Å². The second kappa shape index (κ2) is 13.9. The number of carbonyl (C=O) groups excluding carboxylic acids is 2. The van der Waals surface area contributed by atoms with Crippen molar-refractivity contribution in [1.82, 2.24) is 10.2 Å². The van der Waals surface area contributed by atoms with Crippen molar-refractivity contribution in [2.45, 2.75) is 64.1 Å². The zero-order valence-electron chi connectivity index (χ0n) is 24.1. The van der Waals surface area contributed by atoms with Crippen LogP contribution in [-0.2, 0) is 26.2 Å². The van der Waals surface area contributed by atoms with Gasteiger partial charge in [0.05, 0.1) is 17.2 Å². The number of ether oxygens (including phenoxy) is 1. The summed E-state index contributed by atoms with van der Waals surface area (Å²) in [4.78, 5) is 28.9. The molecule has 220 valence electrons. The van der Waals surface area contributed by atoms with Gasteiger partial charge in [-0.15, -0.1) is 0 Å². The number of carbonyl (C=O) groups is 2. The monoisotopic (exact) mass is 599 g/mol. The molecule has 2 amide bonds. The summed E-state index contributed by atoms with van der Waals surface area (Å²) in [5.41, 5.74) is 0.561. The molecule has 41 heavy (non-hydrogen) atoms. The topological polar surface area (TPSA) is 96.0 Å². The molecule has 0 aliphatic carbocycles. The van der Waals surface area contributed by atoms with Gasteiger partial charge in [-0.2, -0.15) is 0 Å². The molecule has 0 fully saturated rings. The van der Waals surface area contributed by atoms with Gasteiger partial charge in [0.15, 0.2) is 0 Å². The highest BCUT2D eigenvalue weighted by Gasteiger charge is 2.34. The van der Waals surface area contributed by atoms with Crippen LogP contribution in [-0.4, -0.2) is 49.9 Å². The van der Waals surface area contributed by atoms with Crippen LogP contribution >= 0.6 is 11.6 Å². The average Bonchev–Trinajstić information content (AvgIpc) is 2.92. The molecule has 0 unspecified atom stereocenters. The van der Waals surface area contributed by atoms with E-state index in [0.717, 1.165) is 9.87 Å². The Morgan fingerprint density at radius 3 is 2.07 bits per heavy atom. The quantitative estimate of drug-likeness (QED) is 0.290. The van der Waals surface area contributed by atoms with E-state index in [9.17, 15) is 18.0 Å². The number of rotatable bonds is 12. The molecule has 0 radical (unpaired) electrons. The van der Waals surface area contributed by atoms with Gasteiger partial charge in [-0.25, -0.2) is 8.42 Å². The highest BCUT2D eigenvalue weighted by molar-refractivity contribution is 7.92. The van der Waals surface area contributed by atoms with E-state index in [1.807, 2.05) is 34.6 Å². The highest BCUT2D eigenvalue weighted by atomic mass is 35.5. The van der Waals surface area contributed by atoms with Gasteiger partial charge in [-0.1, -0.05) is 48.9 Å². The SMILES string of the molecule is CCOc1ccc(S(=O)(=O)N(CC(=O)N(Cc2ccc(Cl)cc2)[C@H](CC)C(=O)NC(C)(C)C)c2ccccc2)cc1. The van der Waals surface area contributed by atoms with Crippen LogP contribution < -0.4 is 14.4 Å². The molecule has 0 saturated heterocycles. The van der Waals surface area contributed by atoms with Crippen LogP contribution in [0.1, 0.15) is 46.6 Å². The maximum atomic E-state index is 14.1. The highest BCUT2D eigenvalue weighted by Crippen LogP contribution is 2.26. The van der Waals surface area contributed by atoms with Crippen molar-refractivity contribution in [3.05, 3.63) is 89.4 Å². The third-order valence-corrected chi connectivity index (χ3v) is 8.24. The lowest BCUT2D eigenvalue weighted by atomic mass is 10.1. The molecule has 0 saturated carbocycles. The van der Waals surface area contributed by atoms with Crippen LogP contribution in [0, 0.1) is 0 Å².